The highest BCUT2D eigenvalue weighted by Gasteiger charge is 2.23. The second-order valence-corrected chi connectivity index (χ2v) is 8.10. The predicted octanol–water partition coefficient (Wildman–Crippen LogP) is 2.09. The number of benzene rings is 1. The lowest BCUT2D eigenvalue weighted by atomic mass is 10.2. The van der Waals surface area contributed by atoms with Gasteiger partial charge in [-0.25, -0.2) is 13.4 Å². The summed E-state index contributed by atoms with van der Waals surface area (Å²) >= 11 is 1.65. The number of sulfone groups is 1. The van der Waals surface area contributed by atoms with Gasteiger partial charge in [-0.15, -0.1) is 0 Å². The molecule has 4 nitrogen and oxygen atoms in total. The second-order valence-electron chi connectivity index (χ2n) is 4.79. The van der Waals surface area contributed by atoms with Crippen LogP contribution in [0, 0.1) is 0 Å². The van der Waals surface area contributed by atoms with Crippen molar-refractivity contribution in [1.29, 1.82) is 0 Å². The van der Waals surface area contributed by atoms with Crippen molar-refractivity contribution in [3.05, 3.63) is 23.8 Å². The van der Waals surface area contributed by atoms with Crippen molar-refractivity contribution in [2.24, 2.45) is 0 Å². The number of aryl methyl sites for hydroxylation is 1. The largest absolute Gasteiger partial charge is 0.346 e. The molecule has 0 atom stereocenters. The van der Waals surface area contributed by atoms with Crippen LogP contribution in [0.25, 0.3) is 10.2 Å². The summed E-state index contributed by atoms with van der Waals surface area (Å²) in [5, 5.41) is 0.943. The number of nitrogens with zero attached hydrogens (tertiary/aromatic N) is 2. The van der Waals surface area contributed by atoms with Gasteiger partial charge in [0, 0.05) is 13.1 Å². The van der Waals surface area contributed by atoms with E-state index in [0.717, 1.165) is 17.1 Å². The van der Waals surface area contributed by atoms with Crippen LogP contribution in [0.3, 0.4) is 0 Å². The Morgan fingerprint density at radius 3 is 2.74 bits per heavy atom. The normalized spacial score (nSPS) is 18.9. The van der Waals surface area contributed by atoms with Crippen molar-refractivity contribution in [1.82, 2.24) is 4.98 Å². The summed E-state index contributed by atoms with van der Waals surface area (Å²) in [4.78, 5) is 6.69. The Balaban J connectivity index is 1.89. The molecule has 2 heterocycles. The minimum Gasteiger partial charge on any atom is -0.346 e. The minimum absolute atomic E-state index is 0.239. The fourth-order valence-electron chi connectivity index (χ4n) is 2.22. The summed E-state index contributed by atoms with van der Waals surface area (Å²) < 4.78 is 24.1. The second kappa shape index (κ2) is 4.76. The molecule has 1 fully saturated rings. The number of hydrogen-bond acceptors (Lipinski definition) is 5. The molecule has 0 unspecified atom stereocenters. The van der Waals surface area contributed by atoms with E-state index in [1.807, 2.05) is 0 Å². The smallest absolute Gasteiger partial charge is 0.186 e. The average molecular weight is 296 g/mol. The average Bonchev–Trinajstić information content (AvgIpc) is 2.81. The number of aromatic nitrogens is 1. The zero-order chi connectivity index (χ0) is 13.5. The monoisotopic (exact) mass is 296 g/mol. The zero-order valence-corrected chi connectivity index (χ0v) is 12.4. The Kier molecular flexibility index (Phi) is 3.22. The molecule has 0 radical (unpaired) electrons. The first-order valence-electron chi connectivity index (χ1n) is 6.42. The molecule has 1 aliphatic heterocycles. The molecular formula is C13H16N2O2S2. The number of anilines is 1. The molecule has 19 heavy (non-hydrogen) atoms. The van der Waals surface area contributed by atoms with E-state index in [-0.39, 0.29) is 11.5 Å². The van der Waals surface area contributed by atoms with E-state index in [1.54, 1.807) is 11.3 Å². The molecule has 0 saturated carbocycles. The van der Waals surface area contributed by atoms with Crippen LogP contribution >= 0.6 is 11.3 Å². The van der Waals surface area contributed by atoms with Gasteiger partial charge < -0.3 is 4.90 Å². The van der Waals surface area contributed by atoms with Crippen molar-refractivity contribution in [2.45, 2.75) is 13.3 Å². The van der Waals surface area contributed by atoms with E-state index in [4.69, 9.17) is 0 Å². The quantitative estimate of drug-likeness (QED) is 0.851. The Morgan fingerprint density at radius 1 is 1.32 bits per heavy atom. The van der Waals surface area contributed by atoms with Crippen molar-refractivity contribution in [2.75, 3.05) is 29.5 Å². The number of thiazole rings is 1. The van der Waals surface area contributed by atoms with Gasteiger partial charge in [0.05, 0.1) is 21.7 Å². The number of rotatable bonds is 2. The lowest BCUT2D eigenvalue weighted by Crippen LogP contribution is -2.40. The van der Waals surface area contributed by atoms with E-state index in [0.29, 0.717) is 13.1 Å². The standard InChI is InChI=1S/C13H16N2O2S2/c1-2-10-3-4-11-12(9-10)18-13(14-11)15-5-7-19(16,17)8-6-15/h3-4,9H,2,5-8H2,1H3. The number of hydrogen-bond donors (Lipinski definition) is 0. The predicted molar refractivity (Wildman–Crippen MR) is 79.9 cm³/mol. The lowest BCUT2D eigenvalue weighted by Gasteiger charge is -2.25. The van der Waals surface area contributed by atoms with Gasteiger partial charge in [0.25, 0.3) is 0 Å². The first kappa shape index (κ1) is 12.9. The van der Waals surface area contributed by atoms with E-state index in [1.165, 1.54) is 10.3 Å². The highest BCUT2D eigenvalue weighted by Crippen LogP contribution is 2.30. The molecule has 0 N–H and O–H groups in total. The fourth-order valence-corrected chi connectivity index (χ4v) is 4.50. The van der Waals surface area contributed by atoms with Crippen molar-refractivity contribution >= 4 is 36.5 Å². The topological polar surface area (TPSA) is 50.3 Å². The van der Waals surface area contributed by atoms with Gasteiger partial charge in [-0.1, -0.05) is 24.3 Å². The molecule has 1 saturated heterocycles. The van der Waals surface area contributed by atoms with Crippen LogP contribution in [0.1, 0.15) is 12.5 Å². The summed E-state index contributed by atoms with van der Waals surface area (Å²) in [7, 11) is -2.83. The molecule has 0 amide bonds. The van der Waals surface area contributed by atoms with E-state index < -0.39 is 9.84 Å². The van der Waals surface area contributed by atoms with Crippen LogP contribution in [0.15, 0.2) is 18.2 Å². The molecule has 1 aromatic heterocycles. The molecule has 0 spiro atoms. The first-order chi connectivity index (χ1) is 9.07. The van der Waals surface area contributed by atoms with Crippen LogP contribution in [-0.2, 0) is 16.3 Å². The maximum atomic E-state index is 11.4. The van der Waals surface area contributed by atoms with Crippen LogP contribution in [0.4, 0.5) is 5.13 Å². The zero-order valence-electron chi connectivity index (χ0n) is 10.8. The SMILES string of the molecule is CCc1ccc2nc(N3CCS(=O)(=O)CC3)sc2c1. The molecular weight excluding hydrogens is 280 g/mol. The molecule has 6 heteroatoms. The van der Waals surface area contributed by atoms with Gasteiger partial charge in [0.1, 0.15) is 0 Å². The number of fused-ring (bicyclic) bond motifs is 1. The third-order valence-corrected chi connectivity index (χ3v) is 6.15. The van der Waals surface area contributed by atoms with E-state index >= 15 is 0 Å². The summed E-state index contributed by atoms with van der Waals surface area (Å²) in [5.41, 5.74) is 2.31. The van der Waals surface area contributed by atoms with Gasteiger partial charge >= 0.3 is 0 Å². The third kappa shape index (κ3) is 2.60. The Labute approximate surface area is 117 Å². The van der Waals surface area contributed by atoms with E-state index in [2.05, 4.69) is 35.0 Å². The highest BCUT2D eigenvalue weighted by molar-refractivity contribution is 7.91. The van der Waals surface area contributed by atoms with Crippen LogP contribution in [0.2, 0.25) is 0 Å². The van der Waals surface area contributed by atoms with Crippen molar-refractivity contribution in [3.8, 4) is 0 Å². The maximum absolute atomic E-state index is 11.4. The van der Waals surface area contributed by atoms with Gasteiger partial charge in [-0.2, -0.15) is 0 Å². The maximum Gasteiger partial charge on any atom is 0.186 e. The van der Waals surface area contributed by atoms with Gasteiger partial charge in [-0.3, -0.25) is 0 Å². The summed E-state index contributed by atoms with van der Waals surface area (Å²) in [6.45, 7) is 3.25. The van der Waals surface area contributed by atoms with E-state index in [9.17, 15) is 8.42 Å². The van der Waals surface area contributed by atoms with Gasteiger partial charge in [0.2, 0.25) is 0 Å². The van der Waals surface area contributed by atoms with Crippen molar-refractivity contribution in [3.63, 3.8) is 0 Å². The molecule has 102 valence electrons. The van der Waals surface area contributed by atoms with Gasteiger partial charge in [0.15, 0.2) is 15.0 Å². The van der Waals surface area contributed by atoms with Crippen LogP contribution < -0.4 is 4.90 Å². The first-order valence-corrected chi connectivity index (χ1v) is 9.06. The summed E-state index contributed by atoms with van der Waals surface area (Å²) in [5.74, 6) is 0.478. The highest BCUT2D eigenvalue weighted by atomic mass is 32.2. The summed E-state index contributed by atoms with van der Waals surface area (Å²) in [6.07, 6.45) is 1.02. The van der Waals surface area contributed by atoms with Gasteiger partial charge in [-0.05, 0) is 24.1 Å². The third-order valence-electron chi connectivity index (χ3n) is 3.46. The Bertz CT molecular complexity index is 693. The minimum atomic E-state index is -2.83. The van der Waals surface area contributed by atoms with Crippen molar-refractivity contribution < 1.29 is 8.42 Å². The molecule has 0 bridgehead atoms. The van der Waals surface area contributed by atoms with Crippen LogP contribution in [-0.4, -0.2) is 38.0 Å². The molecule has 1 aliphatic rings. The molecule has 3 rings (SSSR count). The molecule has 0 aliphatic carbocycles. The summed E-state index contributed by atoms with van der Waals surface area (Å²) in [6, 6.07) is 6.33. The lowest BCUT2D eigenvalue weighted by molar-refractivity contribution is 0.587. The Hall–Kier alpha value is -1.14. The molecule has 2 aromatic rings. The fraction of sp³-hybridized carbons (Fsp3) is 0.462. The van der Waals surface area contributed by atoms with Crippen LogP contribution in [0.5, 0.6) is 0 Å². The molecule has 1 aromatic carbocycles. The Morgan fingerprint density at radius 2 is 2.05 bits per heavy atom.